The van der Waals surface area contributed by atoms with E-state index >= 15 is 0 Å². The molecule has 1 amide bonds. The van der Waals surface area contributed by atoms with Crippen LogP contribution in [0.3, 0.4) is 0 Å². The van der Waals surface area contributed by atoms with Crippen molar-refractivity contribution in [2.45, 2.75) is 24.2 Å². The lowest BCUT2D eigenvalue weighted by atomic mass is 9.99. The number of aromatic nitrogens is 1. The number of carbonyl (C=O) groups excluding carboxylic acids is 1. The normalized spacial score (nSPS) is 17.2. The molecule has 2 aromatic carbocycles. The molecule has 1 unspecified atom stereocenters. The van der Waals surface area contributed by atoms with Gasteiger partial charge in [0.2, 0.25) is 15.9 Å². The first-order valence-electron chi connectivity index (χ1n) is 10.1. The van der Waals surface area contributed by atoms with E-state index in [1.54, 1.807) is 18.3 Å². The van der Waals surface area contributed by atoms with Crippen molar-refractivity contribution in [1.82, 2.24) is 9.29 Å². The molecule has 32 heavy (non-hydrogen) atoms. The second kappa shape index (κ2) is 9.43. The van der Waals surface area contributed by atoms with Crippen LogP contribution in [0.4, 0.5) is 13.9 Å². The molecule has 1 aromatic heterocycles. The maximum absolute atomic E-state index is 13.2. The van der Waals surface area contributed by atoms with Crippen LogP contribution in [0.15, 0.2) is 59.6 Å². The van der Waals surface area contributed by atoms with Gasteiger partial charge in [0.1, 0.15) is 11.6 Å². The topological polar surface area (TPSA) is 79.4 Å². The summed E-state index contributed by atoms with van der Waals surface area (Å²) in [6.07, 6.45) is 3.35. The summed E-state index contributed by atoms with van der Waals surface area (Å²) in [6, 6.07) is 10.9. The Hall–Kier alpha value is -2.69. The number of hydrogen-bond donors (Lipinski definition) is 1. The minimum atomic E-state index is -3.80. The number of amides is 1. The number of benzene rings is 2. The zero-order chi connectivity index (χ0) is 22.7. The number of carbonyl (C=O) groups is 1. The van der Waals surface area contributed by atoms with Gasteiger partial charge in [-0.25, -0.2) is 22.2 Å². The van der Waals surface area contributed by atoms with E-state index in [1.807, 2.05) is 0 Å². The molecular weight excluding hydrogens is 456 g/mol. The van der Waals surface area contributed by atoms with Gasteiger partial charge >= 0.3 is 0 Å². The quantitative estimate of drug-likeness (QED) is 0.581. The molecule has 3 aromatic rings. The van der Waals surface area contributed by atoms with Crippen LogP contribution in [0, 0.1) is 17.6 Å². The maximum atomic E-state index is 13.2. The van der Waals surface area contributed by atoms with Crippen molar-refractivity contribution in [1.29, 1.82) is 0 Å². The monoisotopic (exact) mass is 477 g/mol. The first kappa shape index (κ1) is 22.5. The predicted molar refractivity (Wildman–Crippen MR) is 118 cm³/mol. The fraction of sp³-hybridized carbons (Fsp3) is 0.273. The van der Waals surface area contributed by atoms with E-state index in [9.17, 15) is 22.0 Å². The second-order valence-electron chi connectivity index (χ2n) is 7.58. The second-order valence-corrected chi connectivity index (χ2v) is 10.6. The third-order valence-electron chi connectivity index (χ3n) is 5.28. The van der Waals surface area contributed by atoms with Gasteiger partial charge in [0.05, 0.1) is 10.8 Å². The first-order valence-corrected chi connectivity index (χ1v) is 12.3. The van der Waals surface area contributed by atoms with E-state index in [1.165, 1.54) is 39.9 Å². The van der Waals surface area contributed by atoms with Gasteiger partial charge in [-0.2, -0.15) is 4.31 Å². The molecule has 1 saturated heterocycles. The van der Waals surface area contributed by atoms with E-state index in [2.05, 4.69) is 10.3 Å². The maximum Gasteiger partial charge on any atom is 0.243 e. The van der Waals surface area contributed by atoms with Crippen LogP contribution in [0.1, 0.15) is 23.3 Å². The summed E-state index contributed by atoms with van der Waals surface area (Å²) in [6.45, 7) is 0.363. The number of nitrogens with one attached hydrogen (secondary N) is 1. The smallest absolute Gasteiger partial charge is 0.243 e. The highest BCUT2D eigenvalue weighted by atomic mass is 32.2. The Morgan fingerprint density at radius 3 is 2.44 bits per heavy atom. The lowest BCUT2D eigenvalue weighted by Gasteiger charge is -2.31. The molecule has 10 heteroatoms. The van der Waals surface area contributed by atoms with Gasteiger partial charge < -0.3 is 5.32 Å². The van der Waals surface area contributed by atoms with Crippen LogP contribution < -0.4 is 5.32 Å². The zero-order valence-electron chi connectivity index (χ0n) is 17.0. The molecule has 2 heterocycles. The number of halogens is 2. The average Bonchev–Trinajstić information content (AvgIpc) is 3.22. The van der Waals surface area contributed by atoms with Crippen LogP contribution in [0.2, 0.25) is 0 Å². The Bertz CT molecular complexity index is 1200. The van der Waals surface area contributed by atoms with Gasteiger partial charge in [-0.1, -0.05) is 12.1 Å². The van der Waals surface area contributed by atoms with Crippen molar-refractivity contribution in [3.63, 3.8) is 0 Å². The molecule has 1 aliphatic heterocycles. The third-order valence-corrected chi connectivity index (χ3v) is 8.07. The Balaban J connectivity index is 1.39. The van der Waals surface area contributed by atoms with Crippen LogP contribution in [-0.4, -0.2) is 36.7 Å². The standard InChI is InChI=1S/C22H21F2N3O3S2/c23-17-5-3-15(4-6-17)12-19-13-25-22(31-19)26-21(28)16-2-1-11-27(14-16)32(29,30)20-9-7-18(24)8-10-20/h3-10,13,16H,1-2,11-12,14H2,(H,25,26,28). The van der Waals surface area contributed by atoms with Gasteiger partial charge in [0.25, 0.3) is 0 Å². The van der Waals surface area contributed by atoms with Crippen LogP contribution in [0.5, 0.6) is 0 Å². The minimum Gasteiger partial charge on any atom is -0.302 e. The number of anilines is 1. The molecule has 6 nitrogen and oxygen atoms in total. The molecular formula is C22H21F2N3O3S2. The Morgan fingerprint density at radius 1 is 1.09 bits per heavy atom. The Kier molecular flexibility index (Phi) is 6.63. The highest BCUT2D eigenvalue weighted by molar-refractivity contribution is 7.89. The third kappa shape index (κ3) is 5.20. The van der Waals surface area contributed by atoms with Crippen LogP contribution in [0.25, 0.3) is 0 Å². The molecule has 1 aliphatic rings. The van der Waals surface area contributed by atoms with Crippen LogP contribution >= 0.6 is 11.3 Å². The summed E-state index contributed by atoms with van der Waals surface area (Å²) in [7, 11) is -3.80. The van der Waals surface area contributed by atoms with E-state index in [4.69, 9.17) is 0 Å². The number of piperidine rings is 1. The first-order chi connectivity index (χ1) is 15.3. The largest absolute Gasteiger partial charge is 0.302 e. The molecule has 1 N–H and O–H groups in total. The van der Waals surface area contributed by atoms with Gasteiger partial charge in [0.15, 0.2) is 5.13 Å². The fourth-order valence-corrected chi connectivity index (χ4v) is 5.96. The molecule has 1 atom stereocenters. The van der Waals surface area contributed by atoms with E-state index in [0.29, 0.717) is 30.9 Å². The molecule has 0 radical (unpaired) electrons. The van der Waals surface area contributed by atoms with Crippen LogP contribution in [-0.2, 0) is 21.2 Å². The fourth-order valence-electron chi connectivity index (χ4n) is 3.59. The van der Waals surface area contributed by atoms with E-state index in [-0.39, 0.29) is 23.2 Å². The number of hydrogen-bond acceptors (Lipinski definition) is 5. The highest BCUT2D eigenvalue weighted by Crippen LogP contribution is 2.26. The summed E-state index contributed by atoms with van der Waals surface area (Å²) in [5.74, 6) is -1.61. The Labute approximate surface area is 189 Å². The summed E-state index contributed by atoms with van der Waals surface area (Å²) in [5, 5.41) is 3.22. The molecule has 1 fully saturated rings. The summed E-state index contributed by atoms with van der Waals surface area (Å²) < 4.78 is 53.2. The zero-order valence-corrected chi connectivity index (χ0v) is 18.6. The molecule has 0 aliphatic carbocycles. The van der Waals surface area contributed by atoms with Gasteiger partial charge in [-0.3, -0.25) is 4.79 Å². The summed E-state index contributed by atoms with van der Waals surface area (Å²) in [5.41, 5.74) is 0.932. The average molecular weight is 478 g/mol. The lowest BCUT2D eigenvalue weighted by molar-refractivity contribution is -0.120. The lowest BCUT2D eigenvalue weighted by Crippen LogP contribution is -2.43. The molecule has 4 rings (SSSR count). The molecule has 0 spiro atoms. The van der Waals surface area contributed by atoms with Crippen molar-refractivity contribution in [3.8, 4) is 0 Å². The SMILES string of the molecule is O=C(Nc1ncc(Cc2ccc(F)cc2)s1)C1CCCN(S(=O)(=O)c2ccc(F)cc2)C1. The summed E-state index contributed by atoms with van der Waals surface area (Å²) >= 11 is 1.32. The minimum absolute atomic E-state index is 0.00492. The van der Waals surface area contributed by atoms with Crippen molar-refractivity contribution >= 4 is 32.4 Å². The number of thiazole rings is 1. The van der Waals surface area contributed by atoms with E-state index in [0.717, 1.165) is 22.6 Å². The van der Waals surface area contributed by atoms with Gasteiger partial charge in [-0.05, 0) is 54.8 Å². The molecule has 0 saturated carbocycles. The molecule has 0 bridgehead atoms. The van der Waals surface area contributed by atoms with E-state index < -0.39 is 21.8 Å². The van der Waals surface area contributed by atoms with Crippen molar-refractivity contribution in [2.24, 2.45) is 5.92 Å². The Morgan fingerprint density at radius 2 is 1.75 bits per heavy atom. The van der Waals surface area contributed by atoms with Crippen molar-refractivity contribution in [2.75, 3.05) is 18.4 Å². The van der Waals surface area contributed by atoms with Gasteiger partial charge in [0, 0.05) is 30.6 Å². The number of nitrogens with zero attached hydrogens (tertiary/aromatic N) is 2. The van der Waals surface area contributed by atoms with Crippen molar-refractivity contribution in [3.05, 3.63) is 76.8 Å². The predicted octanol–water partition coefficient (Wildman–Crippen LogP) is 4.05. The molecule has 168 valence electrons. The summed E-state index contributed by atoms with van der Waals surface area (Å²) in [4.78, 5) is 17.9. The van der Waals surface area contributed by atoms with Crippen molar-refractivity contribution < 1.29 is 22.0 Å². The number of sulfonamides is 1. The highest BCUT2D eigenvalue weighted by Gasteiger charge is 2.33. The number of rotatable bonds is 6. The van der Waals surface area contributed by atoms with Gasteiger partial charge in [-0.15, -0.1) is 11.3 Å².